The summed E-state index contributed by atoms with van der Waals surface area (Å²) in [6.45, 7) is 5.36. The van der Waals surface area contributed by atoms with Crippen molar-refractivity contribution in [1.82, 2.24) is 9.78 Å². The Balaban J connectivity index is 1.64. The summed E-state index contributed by atoms with van der Waals surface area (Å²) in [6, 6.07) is 5.53. The molecule has 2 aliphatic heterocycles. The van der Waals surface area contributed by atoms with E-state index in [1.54, 1.807) is 29.0 Å². The van der Waals surface area contributed by atoms with Crippen LogP contribution < -0.4 is 15.7 Å². The fourth-order valence-electron chi connectivity index (χ4n) is 3.62. The third kappa shape index (κ3) is 3.50. The summed E-state index contributed by atoms with van der Waals surface area (Å²) < 4.78 is 12.8. The lowest BCUT2D eigenvalue weighted by molar-refractivity contribution is 0.0238. The van der Waals surface area contributed by atoms with Crippen molar-refractivity contribution in [2.75, 3.05) is 18.5 Å². The van der Waals surface area contributed by atoms with Gasteiger partial charge in [0, 0.05) is 24.1 Å². The van der Waals surface area contributed by atoms with Crippen molar-refractivity contribution < 1.29 is 19.2 Å². The van der Waals surface area contributed by atoms with Crippen LogP contribution in [0.2, 0.25) is 0 Å². The number of hydrogen-bond donors (Lipinski definition) is 3. The minimum Gasteiger partial charge on any atom is -0.532 e. The normalized spacial score (nSPS) is 21.5. The van der Waals surface area contributed by atoms with E-state index in [2.05, 4.69) is 17.3 Å². The van der Waals surface area contributed by atoms with E-state index in [9.17, 15) is 9.82 Å². The Kier molecular flexibility index (Phi) is 4.86. The molecule has 4 N–H and O–H groups in total. The van der Waals surface area contributed by atoms with Gasteiger partial charge in [-0.3, -0.25) is 9.48 Å². The van der Waals surface area contributed by atoms with E-state index >= 15 is 0 Å². The highest BCUT2D eigenvalue weighted by atomic mass is 16.5. The number of carbonyl (C=O) groups is 1. The van der Waals surface area contributed by atoms with Gasteiger partial charge in [-0.1, -0.05) is 6.92 Å². The highest BCUT2D eigenvalue weighted by Crippen LogP contribution is 2.34. The van der Waals surface area contributed by atoms with Crippen molar-refractivity contribution >= 4 is 30.1 Å². The molecule has 9 heteroatoms. The number of allylic oxidation sites excluding steroid dienone is 1. The second kappa shape index (κ2) is 7.33. The Bertz CT molecular complexity index is 942. The summed E-state index contributed by atoms with van der Waals surface area (Å²) in [5.41, 5.74) is 8.42. The Morgan fingerprint density at radius 3 is 3.04 bits per heavy atom. The molecule has 2 atom stereocenters. The van der Waals surface area contributed by atoms with Crippen molar-refractivity contribution in [3.05, 3.63) is 41.5 Å². The molecule has 8 nitrogen and oxygen atoms in total. The first-order valence-electron chi connectivity index (χ1n) is 9.33. The highest BCUT2D eigenvalue weighted by Gasteiger charge is 2.27. The number of ether oxygens (including phenoxy) is 1. The van der Waals surface area contributed by atoms with E-state index in [4.69, 9.17) is 15.1 Å². The molecule has 1 saturated heterocycles. The lowest BCUT2D eigenvalue weighted by Crippen LogP contribution is -2.28. The van der Waals surface area contributed by atoms with Crippen molar-refractivity contribution in [2.45, 2.75) is 26.3 Å². The van der Waals surface area contributed by atoms with E-state index in [0.717, 1.165) is 29.9 Å². The number of nitrogens with two attached hydrogens (primary N) is 1. The lowest BCUT2D eigenvalue weighted by Gasteiger charge is -2.28. The van der Waals surface area contributed by atoms with Gasteiger partial charge in [0.1, 0.15) is 11.3 Å². The second-order valence-electron chi connectivity index (χ2n) is 7.34. The van der Waals surface area contributed by atoms with Gasteiger partial charge in [0.05, 0.1) is 12.6 Å². The zero-order valence-electron chi connectivity index (χ0n) is 15.9. The van der Waals surface area contributed by atoms with Gasteiger partial charge in [-0.15, -0.1) is 0 Å². The van der Waals surface area contributed by atoms with E-state index < -0.39 is 13.0 Å². The maximum Gasteiger partial charge on any atom is 0.552 e. The number of primary amides is 1. The topological polar surface area (TPSA) is 112 Å². The first-order valence-corrected chi connectivity index (χ1v) is 9.33. The molecule has 2 aliphatic rings. The predicted octanol–water partition coefficient (Wildman–Crippen LogP) is 2.14. The number of fused-ring (bicyclic) bond motifs is 1. The third-order valence-electron chi connectivity index (χ3n) is 5.31. The molecule has 1 amide bonds. The largest absolute Gasteiger partial charge is 0.552 e. The zero-order chi connectivity index (χ0) is 19.8. The predicted molar refractivity (Wildman–Crippen MR) is 106 cm³/mol. The molecule has 0 saturated carbocycles. The molecule has 1 unspecified atom stereocenters. The maximum absolute atomic E-state index is 12.0. The minimum absolute atomic E-state index is 0.0611. The van der Waals surface area contributed by atoms with E-state index in [0.29, 0.717) is 29.7 Å². The number of nitrogens with one attached hydrogen (secondary N) is 1. The molecule has 146 valence electrons. The number of rotatable bonds is 4. The Morgan fingerprint density at radius 2 is 2.29 bits per heavy atom. The first kappa shape index (κ1) is 18.6. The van der Waals surface area contributed by atoms with Crippen LogP contribution in [0.1, 0.15) is 42.2 Å². The van der Waals surface area contributed by atoms with Crippen LogP contribution in [0.15, 0.2) is 30.4 Å². The number of amides is 1. The van der Waals surface area contributed by atoms with E-state index in [-0.39, 0.29) is 6.04 Å². The highest BCUT2D eigenvalue weighted by molar-refractivity contribution is 6.52. The van der Waals surface area contributed by atoms with Gasteiger partial charge in [-0.05, 0) is 49.0 Å². The van der Waals surface area contributed by atoms with Gasteiger partial charge in [0.15, 0.2) is 5.82 Å². The number of nitrogens with zero attached hydrogens (tertiary/aromatic N) is 2. The summed E-state index contributed by atoms with van der Waals surface area (Å²) >= 11 is 0. The molecule has 2 aromatic rings. The molecule has 0 radical (unpaired) electrons. The quantitative estimate of drug-likeness (QED) is 0.699. The van der Waals surface area contributed by atoms with Crippen LogP contribution in [0, 0.1) is 5.92 Å². The molecule has 1 aromatic heterocycles. The van der Waals surface area contributed by atoms with Crippen molar-refractivity contribution in [3.63, 3.8) is 0 Å². The van der Waals surface area contributed by atoms with Crippen molar-refractivity contribution in [1.29, 1.82) is 0 Å². The van der Waals surface area contributed by atoms with Gasteiger partial charge >= 0.3 is 7.12 Å². The van der Waals surface area contributed by atoms with Gasteiger partial charge in [-0.25, -0.2) is 0 Å². The molecular formula is C19H23BN4O4. The Hall–Kier alpha value is -2.78. The number of carbonyl (C=O) groups excluding carboxylic acids is 1. The summed E-state index contributed by atoms with van der Waals surface area (Å²) in [4.78, 5) is 12.0. The molecule has 0 spiro atoms. The lowest BCUT2D eigenvalue weighted by atomic mass is 9.82. The Labute approximate surface area is 163 Å². The van der Waals surface area contributed by atoms with Crippen LogP contribution >= 0.6 is 0 Å². The zero-order valence-corrected chi connectivity index (χ0v) is 15.9. The van der Waals surface area contributed by atoms with Crippen LogP contribution in [0.4, 0.5) is 11.5 Å². The molecular weight excluding hydrogens is 359 g/mol. The number of benzene rings is 1. The number of anilines is 2. The molecule has 0 aliphatic carbocycles. The van der Waals surface area contributed by atoms with Crippen molar-refractivity contribution in [3.8, 4) is 5.75 Å². The molecule has 4 rings (SSSR count). The van der Waals surface area contributed by atoms with Gasteiger partial charge in [0.2, 0.25) is 0 Å². The average molecular weight is 382 g/mol. The standard InChI is InChI=1S/C19H23BN4O4/c1-11-5-6-27-10-16(11)24-9-15(18(21)25)19(23-24)22-13-3-4-17-14(7-13)12(2)8-20(26)28-17/h3-4,7-9,11,16,26H,5-6,10H2,1-2H3,(H2,21,25)(H,22,23)/t11-,16?/m0/s1. The van der Waals surface area contributed by atoms with Crippen LogP contribution in [-0.4, -0.2) is 41.0 Å². The third-order valence-corrected chi connectivity index (χ3v) is 5.31. The first-order chi connectivity index (χ1) is 13.4. The van der Waals surface area contributed by atoms with Crippen molar-refractivity contribution in [2.24, 2.45) is 11.7 Å². The molecule has 1 aromatic carbocycles. The summed E-state index contributed by atoms with van der Waals surface area (Å²) in [7, 11) is -0.942. The van der Waals surface area contributed by atoms with Gasteiger partial charge in [0.25, 0.3) is 5.91 Å². The number of aromatic nitrogens is 2. The van der Waals surface area contributed by atoms with Gasteiger partial charge in [-0.2, -0.15) is 5.10 Å². The molecule has 28 heavy (non-hydrogen) atoms. The SMILES string of the molecule is CC1=CB(O)Oc2ccc(Nc3nn(C4COCC[C@@H]4C)cc3C(N)=O)cc21. The van der Waals surface area contributed by atoms with E-state index in [1.807, 2.05) is 13.0 Å². The fraction of sp³-hybridized carbons (Fsp3) is 0.368. The summed E-state index contributed by atoms with van der Waals surface area (Å²) in [5.74, 6) is 2.50. The molecule has 0 bridgehead atoms. The van der Waals surface area contributed by atoms with Crippen LogP contribution in [0.5, 0.6) is 5.75 Å². The summed E-state index contributed by atoms with van der Waals surface area (Å²) in [6.07, 6.45) is 2.63. The average Bonchev–Trinajstić information content (AvgIpc) is 3.06. The second-order valence-corrected chi connectivity index (χ2v) is 7.34. The van der Waals surface area contributed by atoms with E-state index in [1.165, 1.54) is 0 Å². The number of hydrogen-bond acceptors (Lipinski definition) is 6. The van der Waals surface area contributed by atoms with Crippen LogP contribution in [0.25, 0.3) is 5.57 Å². The summed E-state index contributed by atoms with van der Waals surface area (Å²) in [5, 5.41) is 17.5. The Morgan fingerprint density at radius 1 is 1.46 bits per heavy atom. The minimum atomic E-state index is -0.942. The smallest absolute Gasteiger partial charge is 0.532 e. The maximum atomic E-state index is 12.0. The fourth-order valence-corrected chi connectivity index (χ4v) is 3.62. The van der Waals surface area contributed by atoms with Crippen LogP contribution in [-0.2, 0) is 4.74 Å². The van der Waals surface area contributed by atoms with Crippen LogP contribution in [0.3, 0.4) is 0 Å². The molecule has 1 fully saturated rings. The monoisotopic (exact) mass is 382 g/mol. The molecule has 3 heterocycles. The van der Waals surface area contributed by atoms with Gasteiger partial charge < -0.3 is 25.5 Å².